The number of fused-ring (bicyclic) bond motifs is 1. The Balaban J connectivity index is 1.54. The van der Waals surface area contributed by atoms with Gasteiger partial charge in [-0.3, -0.25) is 4.68 Å². The van der Waals surface area contributed by atoms with Crippen molar-refractivity contribution in [2.45, 2.75) is 57.5 Å². The fraction of sp³-hybridized carbons (Fsp3) is 0.385. The molecule has 1 fully saturated rings. The number of rotatable bonds is 5. The van der Waals surface area contributed by atoms with Gasteiger partial charge in [-0.15, -0.1) is 0 Å². The van der Waals surface area contributed by atoms with Crippen molar-refractivity contribution < 1.29 is 9.13 Å². The highest BCUT2D eigenvalue weighted by molar-refractivity contribution is 6.31. The second kappa shape index (κ2) is 9.04. The van der Waals surface area contributed by atoms with E-state index in [1.807, 2.05) is 25.5 Å². The number of ether oxygens (including phenoxy) is 1. The van der Waals surface area contributed by atoms with Crippen molar-refractivity contribution in [1.29, 1.82) is 0 Å². The van der Waals surface area contributed by atoms with Crippen LogP contribution in [0.15, 0.2) is 36.8 Å². The fourth-order valence-electron chi connectivity index (χ4n) is 5.24. The Hall–Kier alpha value is -2.90. The van der Waals surface area contributed by atoms with Crippen LogP contribution in [0.2, 0.25) is 5.02 Å². The number of nitrogens with one attached hydrogen (secondary N) is 1. The number of pyridine rings is 1. The molecule has 0 unspecified atom stereocenters. The Kier molecular flexibility index (Phi) is 6.08. The van der Waals surface area contributed by atoms with E-state index in [-0.39, 0.29) is 10.9 Å². The predicted octanol–water partition coefficient (Wildman–Crippen LogP) is 6.13. The first kappa shape index (κ1) is 22.9. The van der Waals surface area contributed by atoms with E-state index in [2.05, 4.69) is 27.6 Å². The van der Waals surface area contributed by atoms with Gasteiger partial charge in [0.2, 0.25) is 0 Å². The van der Waals surface area contributed by atoms with Crippen LogP contribution in [0.1, 0.15) is 61.4 Å². The van der Waals surface area contributed by atoms with Gasteiger partial charge in [-0.25, -0.2) is 9.37 Å². The maximum atomic E-state index is 14.3. The molecule has 3 N–H and O–H groups in total. The second-order valence-electron chi connectivity index (χ2n) is 9.22. The van der Waals surface area contributed by atoms with Crippen molar-refractivity contribution in [3.8, 4) is 16.9 Å². The number of aromatic amines is 1. The van der Waals surface area contributed by atoms with Gasteiger partial charge in [-0.1, -0.05) is 18.5 Å². The maximum absolute atomic E-state index is 14.3. The molecule has 0 radical (unpaired) electrons. The Bertz CT molecular complexity index is 1340. The molecule has 6 nitrogen and oxygen atoms in total. The molecule has 0 saturated heterocycles. The molecule has 34 heavy (non-hydrogen) atoms. The third kappa shape index (κ3) is 3.87. The smallest absolute Gasteiger partial charge is 0.142 e. The van der Waals surface area contributed by atoms with Crippen LogP contribution in [-0.2, 0) is 0 Å². The largest absolute Gasteiger partial charge is 0.496 e. The minimum atomic E-state index is -0.463. The number of hydrogen-bond donors (Lipinski definition) is 2. The molecule has 1 aliphatic carbocycles. The minimum Gasteiger partial charge on any atom is -0.496 e. The van der Waals surface area contributed by atoms with E-state index in [1.54, 1.807) is 13.2 Å². The molecule has 0 bridgehead atoms. The molecule has 4 aromatic rings. The lowest BCUT2D eigenvalue weighted by Gasteiger charge is -2.27. The SMILES string of the molecule is COc1ccc(F)c(Cl)c1[C@@H](C)c1c[nH]c2ncc(-c3cnn(C4CCC(N)CC4)c3C)cc12. The summed E-state index contributed by atoms with van der Waals surface area (Å²) in [6.45, 7) is 4.11. The Morgan fingerprint density at radius 3 is 2.74 bits per heavy atom. The normalized spacial score (nSPS) is 19.5. The summed E-state index contributed by atoms with van der Waals surface area (Å²) in [7, 11) is 1.56. The van der Waals surface area contributed by atoms with E-state index in [9.17, 15) is 4.39 Å². The van der Waals surface area contributed by atoms with Gasteiger partial charge in [-0.2, -0.15) is 5.10 Å². The van der Waals surface area contributed by atoms with Crippen molar-refractivity contribution in [3.05, 3.63) is 64.5 Å². The van der Waals surface area contributed by atoms with E-state index in [0.717, 1.165) is 59.1 Å². The summed E-state index contributed by atoms with van der Waals surface area (Å²) in [4.78, 5) is 7.91. The van der Waals surface area contributed by atoms with Crippen molar-refractivity contribution in [2.24, 2.45) is 5.73 Å². The van der Waals surface area contributed by atoms with Gasteiger partial charge < -0.3 is 15.5 Å². The highest BCUT2D eigenvalue weighted by atomic mass is 35.5. The van der Waals surface area contributed by atoms with Gasteiger partial charge in [0.15, 0.2) is 0 Å². The lowest BCUT2D eigenvalue weighted by Crippen LogP contribution is -2.28. The monoisotopic (exact) mass is 481 g/mol. The van der Waals surface area contributed by atoms with Crippen LogP contribution in [0.5, 0.6) is 5.75 Å². The third-order valence-electron chi connectivity index (χ3n) is 7.22. The standard InChI is InChI=1S/C26H29ClFN5O/c1-14(24-23(34-3)9-8-22(28)25(24)27)20-12-31-26-19(20)10-16(11-30-26)21-13-32-33(15(21)2)18-6-4-17(29)5-7-18/h8-14,17-18H,4-7,29H2,1-3H3,(H,30,31)/t14-,17?,18?/m0/s1. The molecule has 0 aliphatic heterocycles. The van der Waals surface area contributed by atoms with Crippen molar-refractivity contribution in [1.82, 2.24) is 19.7 Å². The number of halogens is 2. The van der Waals surface area contributed by atoms with Gasteiger partial charge in [0.1, 0.15) is 17.2 Å². The Morgan fingerprint density at radius 1 is 1.24 bits per heavy atom. The number of nitrogens with two attached hydrogens (primary N) is 1. The molecule has 3 heterocycles. The average molecular weight is 482 g/mol. The molecule has 8 heteroatoms. The Morgan fingerprint density at radius 2 is 2.00 bits per heavy atom. The summed E-state index contributed by atoms with van der Waals surface area (Å²) in [5, 5.41) is 5.76. The van der Waals surface area contributed by atoms with E-state index >= 15 is 0 Å². The van der Waals surface area contributed by atoms with Crippen LogP contribution < -0.4 is 10.5 Å². The minimum absolute atomic E-state index is 0.0784. The van der Waals surface area contributed by atoms with Crippen molar-refractivity contribution in [2.75, 3.05) is 7.11 Å². The van der Waals surface area contributed by atoms with Crippen LogP contribution in [0.25, 0.3) is 22.2 Å². The molecular weight excluding hydrogens is 453 g/mol. The molecular formula is C26H29ClFN5O. The summed E-state index contributed by atoms with van der Waals surface area (Å²) >= 11 is 6.37. The molecule has 0 spiro atoms. The average Bonchev–Trinajstić information content (AvgIpc) is 3.44. The zero-order chi connectivity index (χ0) is 24.0. The van der Waals surface area contributed by atoms with Gasteiger partial charge in [0, 0.05) is 52.1 Å². The van der Waals surface area contributed by atoms with Crippen LogP contribution in [0.3, 0.4) is 0 Å². The number of aromatic nitrogens is 4. The molecule has 1 aromatic carbocycles. The molecule has 178 valence electrons. The highest BCUT2D eigenvalue weighted by Crippen LogP contribution is 2.41. The van der Waals surface area contributed by atoms with Crippen molar-refractivity contribution in [3.63, 3.8) is 0 Å². The van der Waals surface area contributed by atoms with Crippen molar-refractivity contribution >= 4 is 22.6 Å². The highest BCUT2D eigenvalue weighted by Gasteiger charge is 2.25. The zero-order valence-corrected chi connectivity index (χ0v) is 20.4. The fourth-order valence-corrected chi connectivity index (χ4v) is 5.56. The van der Waals surface area contributed by atoms with Crippen LogP contribution in [0, 0.1) is 12.7 Å². The molecule has 3 aromatic heterocycles. The molecule has 0 amide bonds. The Labute approximate surface area is 203 Å². The van der Waals surface area contributed by atoms with Gasteiger partial charge >= 0.3 is 0 Å². The van der Waals surface area contributed by atoms with E-state index in [0.29, 0.717) is 23.4 Å². The number of benzene rings is 1. The number of hydrogen-bond acceptors (Lipinski definition) is 4. The van der Waals surface area contributed by atoms with Crippen LogP contribution in [-0.4, -0.2) is 32.9 Å². The number of methoxy groups -OCH3 is 1. The summed E-state index contributed by atoms with van der Waals surface area (Å²) in [6.07, 6.45) is 9.87. The topological polar surface area (TPSA) is 81.8 Å². The molecule has 1 atom stereocenters. The van der Waals surface area contributed by atoms with Gasteiger partial charge in [-0.05, 0) is 56.4 Å². The molecule has 1 aliphatic rings. The first-order valence-corrected chi connectivity index (χ1v) is 12.1. The van der Waals surface area contributed by atoms with Crippen LogP contribution in [0.4, 0.5) is 4.39 Å². The van der Waals surface area contributed by atoms with Gasteiger partial charge in [0.05, 0.1) is 24.4 Å². The lowest BCUT2D eigenvalue weighted by molar-refractivity contribution is 0.300. The summed E-state index contributed by atoms with van der Waals surface area (Å²) < 4.78 is 21.9. The third-order valence-corrected chi connectivity index (χ3v) is 7.60. The number of nitrogens with zero attached hydrogens (tertiary/aromatic N) is 3. The lowest BCUT2D eigenvalue weighted by atomic mass is 9.91. The number of H-pyrrole nitrogens is 1. The van der Waals surface area contributed by atoms with E-state index in [4.69, 9.17) is 27.2 Å². The van der Waals surface area contributed by atoms with E-state index < -0.39 is 5.82 Å². The predicted molar refractivity (Wildman–Crippen MR) is 133 cm³/mol. The first-order valence-electron chi connectivity index (χ1n) is 11.7. The summed E-state index contributed by atoms with van der Waals surface area (Å²) in [5.74, 6) is -0.115. The summed E-state index contributed by atoms with van der Waals surface area (Å²) in [6, 6.07) is 5.75. The molecule has 5 rings (SSSR count). The zero-order valence-electron chi connectivity index (χ0n) is 19.6. The maximum Gasteiger partial charge on any atom is 0.142 e. The van der Waals surface area contributed by atoms with Gasteiger partial charge in [0.25, 0.3) is 0 Å². The molecule has 1 saturated carbocycles. The van der Waals surface area contributed by atoms with Crippen LogP contribution >= 0.6 is 11.6 Å². The first-order chi connectivity index (χ1) is 16.4. The van der Waals surface area contributed by atoms with E-state index in [1.165, 1.54) is 6.07 Å². The quantitative estimate of drug-likeness (QED) is 0.359. The summed E-state index contributed by atoms with van der Waals surface area (Å²) in [5.41, 5.74) is 11.6. The second-order valence-corrected chi connectivity index (χ2v) is 9.60.